The third-order valence-electron chi connectivity index (χ3n) is 11.3. The molecule has 0 fully saturated rings. The highest BCUT2D eigenvalue weighted by molar-refractivity contribution is 5.82. The highest BCUT2D eigenvalue weighted by Crippen LogP contribution is 2.40. The Labute approximate surface area is 364 Å². The summed E-state index contributed by atoms with van der Waals surface area (Å²) in [6, 6.07) is 66.6. The summed E-state index contributed by atoms with van der Waals surface area (Å²) in [5.74, 6) is 1.74. The molecule has 9 rings (SSSR count). The molecule has 0 radical (unpaired) electrons. The lowest BCUT2D eigenvalue weighted by atomic mass is 9.90. The monoisotopic (exact) mass is 799 g/mol. The molecule has 0 aliphatic rings. The van der Waals surface area contributed by atoms with E-state index in [1.807, 2.05) is 54.6 Å². The predicted molar refractivity (Wildman–Crippen MR) is 254 cm³/mol. The fourth-order valence-corrected chi connectivity index (χ4v) is 8.23. The Bertz CT molecular complexity index is 3030. The molecule has 0 saturated heterocycles. The molecule has 7 aromatic carbocycles. The van der Waals surface area contributed by atoms with Crippen LogP contribution in [0.3, 0.4) is 0 Å². The van der Waals surface area contributed by atoms with E-state index in [0.29, 0.717) is 17.2 Å². The zero-order valence-corrected chi connectivity index (χ0v) is 35.3. The van der Waals surface area contributed by atoms with Gasteiger partial charge in [-0.25, -0.2) is 19.9 Å². The van der Waals surface area contributed by atoms with Crippen LogP contribution in [0, 0.1) is 11.3 Å². The molecule has 5 heteroatoms. The summed E-state index contributed by atoms with van der Waals surface area (Å²) >= 11 is 0. The van der Waals surface area contributed by atoms with Crippen molar-refractivity contribution in [2.75, 3.05) is 0 Å². The van der Waals surface area contributed by atoms with Crippen molar-refractivity contribution in [3.05, 3.63) is 205 Å². The highest BCUT2D eigenvalue weighted by Gasteiger charge is 2.23. The van der Waals surface area contributed by atoms with Crippen LogP contribution in [0.4, 0.5) is 0 Å². The second-order valence-electron chi connectivity index (χ2n) is 16.1. The zero-order chi connectivity index (χ0) is 42.6. The average Bonchev–Trinajstić information content (AvgIpc) is 3.34. The van der Waals surface area contributed by atoms with Crippen molar-refractivity contribution in [3.63, 3.8) is 0 Å². The minimum Gasteiger partial charge on any atom is -0.228 e. The fraction of sp³-hybridized carbons (Fsp3) is 0.105. The van der Waals surface area contributed by atoms with Gasteiger partial charge < -0.3 is 0 Å². The molecule has 2 aromatic heterocycles. The lowest BCUT2D eigenvalue weighted by Crippen LogP contribution is -2.05. The molecule has 0 unspecified atom stereocenters. The first kappa shape index (κ1) is 39.6. The third kappa shape index (κ3) is 7.95. The van der Waals surface area contributed by atoms with Gasteiger partial charge in [-0.05, 0) is 40.2 Å². The molecular weight excluding hydrogens is 755 g/mol. The Balaban J connectivity index is 1.06. The molecule has 9 aromatic rings. The minimum atomic E-state index is 0.174. The van der Waals surface area contributed by atoms with Gasteiger partial charge in [-0.15, -0.1) is 0 Å². The maximum absolute atomic E-state index is 10.5. The van der Waals surface area contributed by atoms with Crippen LogP contribution in [-0.2, 0) is 0 Å². The maximum Gasteiger partial charge on any atom is 0.160 e. The topological polar surface area (TPSA) is 75.3 Å². The summed E-state index contributed by atoms with van der Waals surface area (Å²) in [7, 11) is 0. The van der Waals surface area contributed by atoms with E-state index >= 15 is 0 Å². The van der Waals surface area contributed by atoms with E-state index in [9.17, 15) is 5.26 Å². The number of rotatable bonds is 10. The van der Waals surface area contributed by atoms with Gasteiger partial charge in [-0.2, -0.15) is 5.26 Å². The van der Waals surface area contributed by atoms with Crippen LogP contribution in [0.25, 0.3) is 90.1 Å². The maximum atomic E-state index is 10.5. The van der Waals surface area contributed by atoms with Crippen LogP contribution in [0.1, 0.15) is 56.2 Å². The van der Waals surface area contributed by atoms with Gasteiger partial charge in [0.05, 0.1) is 34.4 Å². The molecule has 0 spiro atoms. The Morgan fingerprint density at radius 1 is 0.339 bits per heavy atom. The van der Waals surface area contributed by atoms with Gasteiger partial charge in [0.15, 0.2) is 11.6 Å². The van der Waals surface area contributed by atoms with Crippen molar-refractivity contribution in [2.45, 2.75) is 39.5 Å². The number of benzene rings is 7. The van der Waals surface area contributed by atoms with Gasteiger partial charge in [0.1, 0.15) is 0 Å². The minimum absolute atomic E-state index is 0.174. The summed E-state index contributed by atoms with van der Waals surface area (Å²) in [6.07, 6.45) is 0. The van der Waals surface area contributed by atoms with E-state index in [1.54, 1.807) is 0 Å². The van der Waals surface area contributed by atoms with Crippen LogP contribution in [-0.4, -0.2) is 19.9 Å². The Hall–Kier alpha value is -7.81. The molecule has 0 saturated carbocycles. The summed E-state index contributed by atoms with van der Waals surface area (Å²) < 4.78 is 0. The Kier molecular flexibility index (Phi) is 11.1. The lowest BCUT2D eigenvalue weighted by Gasteiger charge is -2.19. The van der Waals surface area contributed by atoms with Crippen LogP contribution >= 0.6 is 0 Å². The average molecular weight is 800 g/mol. The molecule has 0 atom stereocenters. The first-order valence-electron chi connectivity index (χ1n) is 21.2. The normalized spacial score (nSPS) is 11.2. The Morgan fingerprint density at radius 2 is 0.645 bits per heavy atom. The molecule has 5 nitrogen and oxygen atoms in total. The second-order valence-corrected chi connectivity index (χ2v) is 16.1. The largest absolute Gasteiger partial charge is 0.228 e. The van der Waals surface area contributed by atoms with Gasteiger partial charge in [-0.3, -0.25) is 0 Å². The van der Waals surface area contributed by atoms with Crippen LogP contribution in [0.2, 0.25) is 0 Å². The van der Waals surface area contributed by atoms with E-state index in [1.165, 1.54) is 0 Å². The predicted octanol–water partition coefficient (Wildman–Crippen LogP) is 14.7. The smallest absolute Gasteiger partial charge is 0.160 e. The molecule has 0 aliphatic carbocycles. The quantitative estimate of drug-likeness (QED) is 0.138. The zero-order valence-electron chi connectivity index (χ0n) is 35.3. The van der Waals surface area contributed by atoms with Gasteiger partial charge in [-0.1, -0.05) is 210 Å². The van der Waals surface area contributed by atoms with Crippen LogP contribution in [0.15, 0.2) is 188 Å². The summed E-state index contributed by atoms with van der Waals surface area (Å²) in [6.45, 7) is 8.79. The van der Waals surface area contributed by atoms with Gasteiger partial charge >= 0.3 is 0 Å². The molecule has 0 bridgehead atoms. The van der Waals surface area contributed by atoms with Crippen molar-refractivity contribution < 1.29 is 0 Å². The number of nitrogens with zero attached hydrogens (tertiary/aromatic N) is 5. The third-order valence-corrected chi connectivity index (χ3v) is 11.3. The van der Waals surface area contributed by atoms with Crippen molar-refractivity contribution in [3.8, 4) is 96.1 Å². The van der Waals surface area contributed by atoms with Crippen molar-refractivity contribution in [2.24, 2.45) is 0 Å². The summed E-state index contributed by atoms with van der Waals surface area (Å²) in [5.41, 5.74) is 16.5. The van der Waals surface area contributed by atoms with E-state index < -0.39 is 0 Å². The number of nitriles is 1. The molecule has 2 heterocycles. The van der Waals surface area contributed by atoms with Crippen LogP contribution < -0.4 is 0 Å². The molecule has 62 heavy (non-hydrogen) atoms. The van der Waals surface area contributed by atoms with Crippen LogP contribution in [0.5, 0.6) is 0 Å². The molecular formula is C57H45N5. The molecule has 298 valence electrons. The van der Waals surface area contributed by atoms with E-state index in [4.69, 9.17) is 19.9 Å². The van der Waals surface area contributed by atoms with Gasteiger partial charge in [0.2, 0.25) is 0 Å². The van der Waals surface area contributed by atoms with E-state index in [2.05, 4.69) is 167 Å². The van der Waals surface area contributed by atoms with Crippen molar-refractivity contribution >= 4 is 0 Å². The molecule has 0 aliphatic heterocycles. The first-order chi connectivity index (χ1) is 30.4. The number of hydrogen-bond acceptors (Lipinski definition) is 5. The van der Waals surface area contributed by atoms with Gasteiger partial charge in [0.25, 0.3) is 0 Å². The lowest BCUT2D eigenvalue weighted by molar-refractivity contribution is 0.854. The molecule has 0 N–H and O–H groups in total. The number of aromatic nitrogens is 4. The summed E-state index contributed by atoms with van der Waals surface area (Å²) in [5, 5.41) is 10.5. The fourth-order valence-electron chi connectivity index (χ4n) is 8.23. The van der Waals surface area contributed by atoms with E-state index in [-0.39, 0.29) is 11.8 Å². The van der Waals surface area contributed by atoms with Gasteiger partial charge in [0, 0.05) is 44.5 Å². The standard InChI is InChI=1S/C57H45N5/c1-37(2)50-52(41-17-9-5-10-18-41)59-56(45-21-13-7-14-22-45)61-54(50)43-29-25-39(26-30-43)47-33-34-49(48(35-47)36-58)40-27-31-44(32-28-40)55-51(38(3)4)53(42-19-11-6-12-20-42)60-57(62-55)46-23-15-8-16-24-46/h5-35,37-38H,1-4H3. The Morgan fingerprint density at radius 3 is 1.00 bits per heavy atom. The summed E-state index contributed by atoms with van der Waals surface area (Å²) in [4.78, 5) is 20.7. The van der Waals surface area contributed by atoms with Crippen molar-refractivity contribution in [1.29, 1.82) is 5.26 Å². The highest BCUT2D eigenvalue weighted by atomic mass is 14.9. The van der Waals surface area contributed by atoms with E-state index in [0.717, 1.165) is 89.5 Å². The second kappa shape index (κ2) is 17.4. The van der Waals surface area contributed by atoms with Crippen molar-refractivity contribution in [1.82, 2.24) is 19.9 Å². The first-order valence-corrected chi connectivity index (χ1v) is 21.2. The SMILES string of the molecule is CC(C)c1c(-c2ccccc2)nc(-c2ccccc2)nc1-c1ccc(-c2ccc(-c3ccc(-c4nc(-c5ccccc5)nc(-c5ccccc5)c4C(C)C)cc3)c(C#N)c2)cc1. The molecule has 0 amide bonds. The number of hydrogen-bond donors (Lipinski definition) is 0.